The molecule has 0 amide bonds. The van der Waals surface area contributed by atoms with Gasteiger partial charge >= 0.3 is 5.97 Å². The quantitative estimate of drug-likeness (QED) is 0.460. The monoisotopic (exact) mass is 309 g/mol. The largest absolute Gasteiger partial charge is 0.468 e. The Hall–Kier alpha value is -2.49. The number of nitro groups is 1. The normalized spacial score (nSPS) is 10.4. The van der Waals surface area contributed by atoms with E-state index in [0.717, 1.165) is 11.8 Å². The highest BCUT2D eigenvalue weighted by molar-refractivity contribution is 7.99. The van der Waals surface area contributed by atoms with Crippen LogP contribution in [-0.4, -0.2) is 38.2 Å². The molecule has 0 saturated carbocycles. The average molecular weight is 309 g/mol. The highest BCUT2D eigenvalue weighted by Crippen LogP contribution is 2.30. The van der Waals surface area contributed by atoms with Gasteiger partial charge in [-0.25, -0.2) is 4.68 Å². The highest BCUT2D eigenvalue weighted by atomic mass is 32.2. The van der Waals surface area contributed by atoms with E-state index in [2.05, 4.69) is 20.3 Å². The number of tetrazole rings is 1. The molecule has 1 aromatic heterocycles. The second-order valence-electron chi connectivity index (χ2n) is 4.00. The van der Waals surface area contributed by atoms with Gasteiger partial charge in [-0.2, -0.15) is 0 Å². The fourth-order valence-corrected chi connectivity index (χ4v) is 2.31. The Balaban J connectivity index is 2.23. The van der Waals surface area contributed by atoms with Crippen LogP contribution in [0.25, 0.3) is 0 Å². The van der Waals surface area contributed by atoms with E-state index in [1.807, 2.05) is 0 Å². The molecule has 0 saturated heterocycles. The number of esters is 1. The van der Waals surface area contributed by atoms with Crippen LogP contribution in [-0.2, 0) is 16.1 Å². The molecule has 10 heteroatoms. The molecule has 0 N–H and O–H groups in total. The summed E-state index contributed by atoms with van der Waals surface area (Å²) in [7, 11) is 1.27. The molecule has 0 spiro atoms. The van der Waals surface area contributed by atoms with Gasteiger partial charge < -0.3 is 4.74 Å². The molecule has 0 atom stereocenters. The van der Waals surface area contributed by atoms with Crippen molar-refractivity contribution in [1.29, 1.82) is 0 Å². The van der Waals surface area contributed by atoms with Crippen LogP contribution < -0.4 is 0 Å². The number of benzene rings is 1. The predicted octanol–water partition coefficient (Wildman–Crippen LogP) is 1.21. The van der Waals surface area contributed by atoms with E-state index in [-0.39, 0.29) is 12.2 Å². The molecule has 0 aliphatic rings. The number of ether oxygens (including phenoxy) is 1. The van der Waals surface area contributed by atoms with E-state index in [4.69, 9.17) is 0 Å². The zero-order valence-corrected chi connectivity index (χ0v) is 12.0. The number of hydrogen-bond acceptors (Lipinski definition) is 8. The van der Waals surface area contributed by atoms with Gasteiger partial charge in [0.15, 0.2) is 0 Å². The number of nitrogens with zero attached hydrogens (tertiary/aromatic N) is 5. The third-order valence-corrected chi connectivity index (χ3v) is 3.56. The first-order valence-corrected chi connectivity index (χ1v) is 6.59. The van der Waals surface area contributed by atoms with Crippen molar-refractivity contribution in [2.45, 2.75) is 23.5 Å². The summed E-state index contributed by atoms with van der Waals surface area (Å²) in [5, 5.41) is 22.2. The van der Waals surface area contributed by atoms with Crippen molar-refractivity contribution in [1.82, 2.24) is 20.2 Å². The third-order valence-electron chi connectivity index (χ3n) is 2.59. The maximum Gasteiger partial charge on any atom is 0.327 e. The van der Waals surface area contributed by atoms with E-state index >= 15 is 0 Å². The molecule has 21 heavy (non-hydrogen) atoms. The van der Waals surface area contributed by atoms with Gasteiger partial charge in [0.2, 0.25) is 5.16 Å². The zero-order chi connectivity index (χ0) is 15.4. The molecule has 0 fully saturated rings. The van der Waals surface area contributed by atoms with E-state index in [0.29, 0.717) is 15.6 Å². The summed E-state index contributed by atoms with van der Waals surface area (Å²) in [5.41, 5.74) is 0.588. The second kappa shape index (κ2) is 6.31. The maximum atomic E-state index is 11.2. The maximum absolute atomic E-state index is 11.2. The van der Waals surface area contributed by atoms with Crippen molar-refractivity contribution >= 4 is 23.4 Å². The lowest BCUT2D eigenvalue weighted by Gasteiger charge is -2.04. The molecule has 2 aromatic rings. The van der Waals surface area contributed by atoms with Gasteiger partial charge in [-0.15, -0.1) is 5.10 Å². The molecule has 1 heterocycles. The Morgan fingerprint density at radius 3 is 2.95 bits per heavy atom. The first kappa shape index (κ1) is 14.9. The van der Waals surface area contributed by atoms with Crippen LogP contribution in [0.4, 0.5) is 5.69 Å². The van der Waals surface area contributed by atoms with Crippen molar-refractivity contribution in [2.75, 3.05) is 7.11 Å². The summed E-state index contributed by atoms with van der Waals surface area (Å²) in [5.74, 6) is -0.487. The van der Waals surface area contributed by atoms with Crippen molar-refractivity contribution in [3.8, 4) is 0 Å². The predicted molar refractivity (Wildman–Crippen MR) is 71.8 cm³/mol. The van der Waals surface area contributed by atoms with Crippen LogP contribution in [0.1, 0.15) is 5.56 Å². The van der Waals surface area contributed by atoms with E-state index < -0.39 is 10.9 Å². The smallest absolute Gasteiger partial charge is 0.327 e. The Morgan fingerprint density at radius 1 is 1.52 bits per heavy atom. The number of methoxy groups -OCH3 is 1. The Labute approximate surface area is 123 Å². The third kappa shape index (κ3) is 3.54. The molecule has 110 valence electrons. The lowest BCUT2D eigenvalue weighted by atomic mass is 10.2. The van der Waals surface area contributed by atoms with Crippen LogP contribution in [0.2, 0.25) is 0 Å². The van der Waals surface area contributed by atoms with Gasteiger partial charge in [-0.3, -0.25) is 14.9 Å². The minimum atomic E-state index is -0.487. The Kier molecular flexibility index (Phi) is 4.48. The topological polar surface area (TPSA) is 113 Å². The first-order valence-electron chi connectivity index (χ1n) is 5.77. The standard InChI is InChI=1S/C11H11N5O4S/c1-7-3-4-8(5-9(7)16(18)19)21-11-12-13-14-15(11)6-10(17)20-2/h3-5H,6H2,1-2H3. The molecular formula is C11H11N5O4S. The van der Waals surface area contributed by atoms with Crippen LogP contribution in [0.15, 0.2) is 28.3 Å². The zero-order valence-electron chi connectivity index (χ0n) is 11.2. The summed E-state index contributed by atoms with van der Waals surface area (Å²) in [6.45, 7) is 1.54. The lowest BCUT2D eigenvalue weighted by molar-refractivity contribution is -0.385. The number of aryl methyl sites for hydroxylation is 1. The Morgan fingerprint density at radius 2 is 2.29 bits per heavy atom. The molecular weight excluding hydrogens is 298 g/mol. The molecule has 0 aliphatic carbocycles. The summed E-state index contributed by atoms with van der Waals surface area (Å²) in [6.07, 6.45) is 0. The number of aromatic nitrogens is 4. The van der Waals surface area contributed by atoms with E-state index in [9.17, 15) is 14.9 Å². The van der Waals surface area contributed by atoms with Crippen molar-refractivity contribution in [3.63, 3.8) is 0 Å². The summed E-state index contributed by atoms with van der Waals surface area (Å²) < 4.78 is 5.81. The summed E-state index contributed by atoms with van der Waals surface area (Å²) in [4.78, 5) is 22.3. The summed E-state index contributed by atoms with van der Waals surface area (Å²) in [6, 6.07) is 4.82. The Bertz CT molecular complexity index is 687. The van der Waals surface area contributed by atoms with Gasteiger partial charge in [0, 0.05) is 16.5 Å². The molecule has 0 unspecified atom stereocenters. The van der Waals surface area contributed by atoms with Gasteiger partial charge in [0.25, 0.3) is 5.69 Å². The lowest BCUT2D eigenvalue weighted by Crippen LogP contribution is -2.13. The number of carbonyl (C=O) groups excluding carboxylic acids is 1. The van der Waals surface area contributed by atoms with Crippen LogP contribution in [0.5, 0.6) is 0 Å². The van der Waals surface area contributed by atoms with Crippen molar-refractivity contribution < 1.29 is 14.5 Å². The molecule has 9 nitrogen and oxygen atoms in total. The number of rotatable bonds is 5. The first-order chi connectivity index (χ1) is 10.0. The average Bonchev–Trinajstić information content (AvgIpc) is 2.87. The van der Waals surface area contributed by atoms with E-state index in [1.54, 1.807) is 19.1 Å². The van der Waals surface area contributed by atoms with Crippen LogP contribution >= 0.6 is 11.8 Å². The van der Waals surface area contributed by atoms with Gasteiger partial charge in [-0.1, -0.05) is 6.07 Å². The summed E-state index contributed by atoms with van der Waals surface area (Å²) >= 11 is 1.13. The van der Waals surface area contributed by atoms with Crippen LogP contribution in [0.3, 0.4) is 0 Å². The van der Waals surface area contributed by atoms with Crippen LogP contribution in [0, 0.1) is 17.0 Å². The SMILES string of the molecule is COC(=O)Cn1nnnc1Sc1ccc(C)c([N+](=O)[O-])c1. The van der Waals surface area contributed by atoms with Gasteiger partial charge in [0.05, 0.1) is 12.0 Å². The molecule has 0 aliphatic heterocycles. The fourth-order valence-electron chi connectivity index (χ4n) is 1.51. The highest BCUT2D eigenvalue weighted by Gasteiger charge is 2.15. The molecule has 0 radical (unpaired) electrons. The number of nitro benzene ring substituents is 1. The van der Waals surface area contributed by atoms with E-state index in [1.165, 1.54) is 17.9 Å². The number of hydrogen-bond donors (Lipinski definition) is 0. The van der Waals surface area contributed by atoms with Gasteiger partial charge in [-0.05, 0) is 35.2 Å². The van der Waals surface area contributed by atoms with Gasteiger partial charge in [0.1, 0.15) is 6.54 Å². The molecule has 1 aromatic carbocycles. The molecule has 2 rings (SSSR count). The minimum absolute atomic E-state index is 0.0204. The molecule has 0 bridgehead atoms. The second-order valence-corrected chi connectivity index (χ2v) is 5.04. The fraction of sp³-hybridized carbons (Fsp3) is 0.273. The van der Waals surface area contributed by atoms with Crippen molar-refractivity contribution in [3.05, 3.63) is 33.9 Å². The minimum Gasteiger partial charge on any atom is -0.468 e. The van der Waals surface area contributed by atoms with Crippen molar-refractivity contribution in [2.24, 2.45) is 0 Å². The number of carbonyl (C=O) groups is 1.